The number of carbonyl (C=O) groups is 1. The summed E-state index contributed by atoms with van der Waals surface area (Å²) in [4.78, 5) is 28.3. The molecule has 0 bridgehead atoms. The highest BCUT2D eigenvalue weighted by atomic mass is 16.4. The maximum absolute atomic E-state index is 12.5. The smallest absolute Gasteiger partial charge is 0.318 e. The van der Waals surface area contributed by atoms with Gasteiger partial charge in [-0.3, -0.25) is 14.5 Å². The van der Waals surface area contributed by atoms with Gasteiger partial charge in [-0.05, 0) is 29.3 Å². The molecule has 1 saturated heterocycles. The molecule has 1 aliphatic heterocycles. The van der Waals surface area contributed by atoms with E-state index in [0.717, 1.165) is 38.3 Å². The zero-order valence-corrected chi connectivity index (χ0v) is 19.1. The van der Waals surface area contributed by atoms with Crippen LogP contribution in [0.2, 0.25) is 0 Å². The van der Waals surface area contributed by atoms with E-state index in [9.17, 15) is 10.1 Å². The highest BCUT2D eigenvalue weighted by Crippen LogP contribution is 2.23. The van der Waals surface area contributed by atoms with E-state index in [1.165, 1.54) is 5.56 Å². The normalized spacial score (nSPS) is 13.7. The molecule has 2 N–H and O–H groups in total. The summed E-state index contributed by atoms with van der Waals surface area (Å²) in [6.07, 6.45) is 0. The van der Waals surface area contributed by atoms with Gasteiger partial charge in [0.15, 0.2) is 0 Å². The van der Waals surface area contributed by atoms with Gasteiger partial charge in [0.05, 0.1) is 11.6 Å². The molecule has 0 saturated carbocycles. The lowest BCUT2D eigenvalue weighted by atomic mass is 10.0. The molecular formula is C25H24N6O4. The summed E-state index contributed by atoms with van der Waals surface area (Å²) >= 11 is 0. The van der Waals surface area contributed by atoms with Gasteiger partial charge >= 0.3 is 6.01 Å². The van der Waals surface area contributed by atoms with E-state index in [4.69, 9.17) is 14.3 Å². The number of nitriles is 1. The summed E-state index contributed by atoms with van der Waals surface area (Å²) in [6.45, 7) is 5.92. The molecule has 0 amide bonds. The number of rotatable bonds is 4. The van der Waals surface area contributed by atoms with Crippen molar-refractivity contribution in [3.05, 3.63) is 75.9 Å². The number of fused-ring (bicyclic) bond motifs is 1. The average Bonchev–Trinajstić information content (AvgIpc) is 3.31. The standard InChI is InChI=1S/C24H22N6O2.CH2O2/c1-16-27-28-24(32-16)30-11-9-29(10-12-30)15-17-5-7-18(8-6-17)22-13-21-19(14-25)3-2-4-20(21)23(31)26-22;2-1-3/h2-8,13H,9-12,15H2,1H3,(H,26,31);1H,(H,2,3). The Labute approximate surface area is 201 Å². The van der Waals surface area contributed by atoms with Crippen LogP contribution < -0.4 is 10.5 Å². The molecule has 2 aromatic heterocycles. The summed E-state index contributed by atoms with van der Waals surface area (Å²) in [6, 6.07) is 18.0. The Hall–Kier alpha value is -4.49. The number of carboxylic acid groups (broad SMARTS) is 1. The van der Waals surface area contributed by atoms with Crippen LogP contribution in [0.5, 0.6) is 0 Å². The van der Waals surface area contributed by atoms with Crippen LogP contribution in [-0.4, -0.2) is 57.8 Å². The Balaban J connectivity index is 0.000000917. The summed E-state index contributed by atoms with van der Waals surface area (Å²) in [5.41, 5.74) is 3.14. The summed E-state index contributed by atoms with van der Waals surface area (Å²) in [5, 5.41) is 25.5. The minimum Gasteiger partial charge on any atom is -0.483 e. The van der Waals surface area contributed by atoms with Crippen molar-refractivity contribution in [2.45, 2.75) is 13.5 Å². The van der Waals surface area contributed by atoms with Crippen molar-refractivity contribution in [1.82, 2.24) is 20.1 Å². The van der Waals surface area contributed by atoms with Crippen LogP contribution in [0.3, 0.4) is 0 Å². The molecular weight excluding hydrogens is 448 g/mol. The SMILES string of the molecule is Cc1nnc(N2CCN(Cc3ccc(-c4cc5c(C#N)cccc5c(=O)[nH]4)cc3)CC2)o1.O=CO. The molecule has 1 fully saturated rings. The van der Waals surface area contributed by atoms with E-state index < -0.39 is 0 Å². The number of anilines is 1. The number of piperazine rings is 1. The third-order valence-electron chi connectivity index (χ3n) is 5.84. The van der Waals surface area contributed by atoms with E-state index in [1.54, 1.807) is 25.1 Å². The number of nitrogens with one attached hydrogen (secondary N) is 1. The lowest BCUT2D eigenvalue weighted by Crippen LogP contribution is -2.46. The van der Waals surface area contributed by atoms with Crippen molar-refractivity contribution < 1.29 is 14.3 Å². The minimum atomic E-state index is -0.250. The number of H-pyrrole nitrogens is 1. The lowest BCUT2D eigenvalue weighted by Gasteiger charge is -2.33. The first-order valence-electron chi connectivity index (χ1n) is 11.0. The minimum absolute atomic E-state index is 0.187. The average molecular weight is 473 g/mol. The van der Waals surface area contributed by atoms with Crippen LogP contribution in [0.1, 0.15) is 17.0 Å². The number of aryl methyl sites for hydroxylation is 1. The molecule has 4 aromatic rings. The molecule has 5 rings (SSSR count). The van der Waals surface area contributed by atoms with Crippen LogP contribution in [0.25, 0.3) is 22.0 Å². The molecule has 1 aliphatic rings. The van der Waals surface area contributed by atoms with Crippen molar-refractivity contribution >= 4 is 23.3 Å². The highest BCUT2D eigenvalue weighted by Gasteiger charge is 2.21. The van der Waals surface area contributed by atoms with E-state index in [0.29, 0.717) is 33.9 Å². The van der Waals surface area contributed by atoms with Crippen molar-refractivity contribution in [2.24, 2.45) is 0 Å². The van der Waals surface area contributed by atoms with E-state index >= 15 is 0 Å². The second kappa shape index (κ2) is 10.6. The summed E-state index contributed by atoms with van der Waals surface area (Å²) < 4.78 is 5.52. The number of nitrogens with zero attached hydrogens (tertiary/aromatic N) is 5. The molecule has 0 aliphatic carbocycles. The quantitative estimate of drug-likeness (QED) is 0.429. The number of hydrogen-bond donors (Lipinski definition) is 2. The van der Waals surface area contributed by atoms with E-state index in [-0.39, 0.29) is 12.0 Å². The van der Waals surface area contributed by atoms with Crippen molar-refractivity contribution in [3.63, 3.8) is 0 Å². The second-order valence-electron chi connectivity index (χ2n) is 8.06. The molecule has 2 aromatic carbocycles. The van der Waals surface area contributed by atoms with Gasteiger partial charge < -0.3 is 19.4 Å². The molecule has 0 spiro atoms. The maximum Gasteiger partial charge on any atom is 0.318 e. The van der Waals surface area contributed by atoms with Gasteiger partial charge in [-0.2, -0.15) is 5.26 Å². The number of aromatic amines is 1. The fourth-order valence-electron chi connectivity index (χ4n) is 4.10. The van der Waals surface area contributed by atoms with Gasteiger partial charge in [0.1, 0.15) is 0 Å². The van der Waals surface area contributed by atoms with E-state index in [1.807, 2.05) is 18.2 Å². The monoisotopic (exact) mass is 472 g/mol. The van der Waals surface area contributed by atoms with E-state index in [2.05, 4.69) is 43.2 Å². The number of pyridine rings is 1. The number of hydrogen-bond acceptors (Lipinski definition) is 8. The second-order valence-corrected chi connectivity index (χ2v) is 8.06. The Morgan fingerprint density at radius 2 is 1.83 bits per heavy atom. The van der Waals surface area contributed by atoms with Crippen LogP contribution in [-0.2, 0) is 11.3 Å². The first-order chi connectivity index (χ1) is 17.0. The molecule has 0 unspecified atom stereocenters. The van der Waals surface area contributed by atoms with Gasteiger partial charge in [0, 0.05) is 56.1 Å². The van der Waals surface area contributed by atoms with Gasteiger partial charge in [0.25, 0.3) is 12.0 Å². The lowest BCUT2D eigenvalue weighted by molar-refractivity contribution is -0.122. The number of benzene rings is 2. The fourth-order valence-corrected chi connectivity index (χ4v) is 4.10. The zero-order valence-electron chi connectivity index (χ0n) is 19.1. The predicted octanol–water partition coefficient (Wildman–Crippen LogP) is 2.78. The Morgan fingerprint density at radius 3 is 2.46 bits per heavy atom. The first-order valence-corrected chi connectivity index (χ1v) is 11.0. The Kier molecular flexibility index (Phi) is 7.18. The zero-order chi connectivity index (χ0) is 24.8. The Bertz CT molecular complexity index is 1410. The maximum atomic E-state index is 12.5. The largest absolute Gasteiger partial charge is 0.483 e. The third-order valence-corrected chi connectivity index (χ3v) is 5.84. The van der Waals surface area contributed by atoms with Gasteiger partial charge in [-0.15, -0.1) is 5.10 Å². The highest BCUT2D eigenvalue weighted by molar-refractivity contribution is 5.89. The molecule has 0 atom stereocenters. The molecule has 10 nitrogen and oxygen atoms in total. The van der Waals surface area contributed by atoms with Crippen molar-refractivity contribution in [2.75, 3.05) is 31.1 Å². The van der Waals surface area contributed by atoms with Crippen LogP contribution >= 0.6 is 0 Å². The summed E-state index contributed by atoms with van der Waals surface area (Å²) in [5.74, 6) is 0.583. The molecule has 178 valence electrons. The van der Waals surface area contributed by atoms with Crippen molar-refractivity contribution in [3.8, 4) is 17.3 Å². The van der Waals surface area contributed by atoms with Crippen LogP contribution in [0.15, 0.2) is 57.7 Å². The predicted molar refractivity (Wildman–Crippen MR) is 130 cm³/mol. The topological polar surface area (TPSA) is 139 Å². The number of aromatic nitrogens is 3. The molecule has 10 heteroatoms. The third kappa shape index (κ3) is 5.37. The van der Waals surface area contributed by atoms with Gasteiger partial charge in [-0.1, -0.05) is 35.4 Å². The van der Waals surface area contributed by atoms with Crippen LogP contribution in [0, 0.1) is 18.3 Å². The fraction of sp³-hybridized carbons (Fsp3) is 0.240. The van der Waals surface area contributed by atoms with Crippen molar-refractivity contribution in [1.29, 1.82) is 5.26 Å². The first kappa shape index (κ1) is 23.7. The van der Waals surface area contributed by atoms with Crippen LogP contribution in [0.4, 0.5) is 6.01 Å². The molecule has 3 heterocycles. The summed E-state index contributed by atoms with van der Waals surface area (Å²) in [7, 11) is 0. The van der Waals surface area contributed by atoms with Gasteiger partial charge in [0.2, 0.25) is 5.89 Å². The molecule has 0 radical (unpaired) electrons. The molecule has 35 heavy (non-hydrogen) atoms. The van der Waals surface area contributed by atoms with Gasteiger partial charge in [-0.25, -0.2) is 0 Å². The Morgan fingerprint density at radius 1 is 1.11 bits per heavy atom.